The van der Waals surface area contributed by atoms with Crippen LogP contribution >= 0.6 is 12.6 Å². The van der Waals surface area contributed by atoms with Gasteiger partial charge >= 0.3 is 0 Å². The fourth-order valence-corrected chi connectivity index (χ4v) is 1.84. The summed E-state index contributed by atoms with van der Waals surface area (Å²) < 4.78 is 0. The molecule has 0 atom stereocenters. The standard InChI is InChI=1S/C16H27N3O2S/c1-2-3-5-8-14(13-17)19-16(21)9-6-4-7-11-18-15(20)10-12-22/h2-3,5,8,13,22H,4,6-7,9-12,17H2,1H3,(H,18,20)(H,19,21)/b3-2-,8-5-,14-13-. The molecule has 0 saturated carbocycles. The lowest BCUT2D eigenvalue weighted by atomic mass is 10.2. The number of thiol groups is 1. The quantitative estimate of drug-likeness (QED) is 0.266. The SMILES string of the molecule is C\C=C/C=C\C(=C\N)NC(=O)CCCCCNC(=O)CCS. The second-order valence-electron chi connectivity index (χ2n) is 4.69. The second kappa shape index (κ2) is 14.3. The summed E-state index contributed by atoms with van der Waals surface area (Å²) in [5.74, 6) is 0.533. The van der Waals surface area contributed by atoms with Crippen LogP contribution in [0.2, 0.25) is 0 Å². The molecule has 124 valence electrons. The van der Waals surface area contributed by atoms with Crippen LogP contribution in [0.3, 0.4) is 0 Å². The maximum atomic E-state index is 11.7. The van der Waals surface area contributed by atoms with E-state index in [0.717, 1.165) is 19.3 Å². The van der Waals surface area contributed by atoms with Crippen LogP contribution in [0, 0.1) is 0 Å². The van der Waals surface area contributed by atoms with Crippen molar-refractivity contribution in [2.45, 2.75) is 39.0 Å². The van der Waals surface area contributed by atoms with E-state index in [-0.39, 0.29) is 11.8 Å². The molecule has 0 unspecified atom stereocenters. The number of rotatable bonds is 11. The number of amides is 2. The van der Waals surface area contributed by atoms with Gasteiger partial charge < -0.3 is 16.4 Å². The molecule has 4 N–H and O–H groups in total. The van der Waals surface area contributed by atoms with Crippen LogP contribution in [0.4, 0.5) is 0 Å². The zero-order valence-corrected chi connectivity index (χ0v) is 14.1. The molecular weight excluding hydrogens is 298 g/mol. The summed E-state index contributed by atoms with van der Waals surface area (Å²) in [5.41, 5.74) is 6.04. The van der Waals surface area contributed by atoms with Gasteiger partial charge in [-0.05, 0) is 31.6 Å². The van der Waals surface area contributed by atoms with Crippen LogP contribution in [0.15, 0.2) is 36.2 Å². The lowest BCUT2D eigenvalue weighted by Gasteiger charge is -2.06. The molecule has 0 aromatic heterocycles. The van der Waals surface area contributed by atoms with Crippen LogP contribution in [-0.4, -0.2) is 24.1 Å². The Morgan fingerprint density at radius 3 is 2.50 bits per heavy atom. The van der Waals surface area contributed by atoms with Crippen molar-refractivity contribution in [1.82, 2.24) is 10.6 Å². The number of nitrogens with one attached hydrogen (secondary N) is 2. The summed E-state index contributed by atoms with van der Waals surface area (Å²) in [5, 5.41) is 5.56. The van der Waals surface area contributed by atoms with Crippen LogP contribution in [0.5, 0.6) is 0 Å². The Balaban J connectivity index is 3.75. The Morgan fingerprint density at radius 2 is 1.86 bits per heavy atom. The summed E-state index contributed by atoms with van der Waals surface area (Å²) >= 11 is 4.00. The van der Waals surface area contributed by atoms with Gasteiger partial charge in [-0.25, -0.2) is 0 Å². The molecule has 0 aromatic rings. The topological polar surface area (TPSA) is 84.2 Å². The number of hydrogen-bond acceptors (Lipinski definition) is 4. The minimum Gasteiger partial charge on any atom is -0.403 e. The molecule has 0 aliphatic heterocycles. The van der Waals surface area contributed by atoms with Crippen molar-refractivity contribution in [3.8, 4) is 0 Å². The van der Waals surface area contributed by atoms with Gasteiger partial charge in [-0.1, -0.05) is 24.6 Å². The van der Waals surface area contributed by atoms with Gasteiger partial charge in [-0.2, -0.15) is 12.6 Å². The van der Waals surface area contributed by atoms with Gasteiger partial charge in [-0.15, -0.1) is 0 Å². The first-order valence-electron chi connectivity index (χ1n) is 7.52. The van der Waals surface area contributed by atoms with E-state index >= 15 is 0 Å². The number of allylic oxidation sites excluding steroid dienone is 4. The van der Waals surface area contributed by atoms with E-state index in [4.69, 9.17) is 5.73 Å². The molecule has 0 heterocycles. The van der Waals surface area contributed by atoms with Gasteiger partial charge in [-0.3, -0.25) is 9.59 Å². The van der Waals surface area contributed by atoms with E-state index in [2.05, 4.69) is 23.3 Å². The molecule has 0 bridgehead atoms. The molecule has 2 amide bonds. The predicted molar refractivity (Wildman–Crippen MR) is 94.3 cm³/mol. The molecule has 22 heavy (non-hydrogen) atoms. The Hall–Kier alpha value is -1.69. The largest absolute Gasteiger partial charge is 0.403 e. The highest BCUT2D eigenvalue weighted by molar-refractivity contribution is 7.80. The highest BCUT2D eigenvalue weighted by Crippen LogP contribution is 2.01. The van der Waals surface area contributed by atoms with Crippen molar-refractivity contribution < 1.29 is 9.59 Å². The normalized spacial score (nSPS) is 12.0. The average Bonchev–Trinajstić information content (AvgIpc) is 2.50. The number of carbonyl (C=O) groups is 2. The maximum Gasteiger partial charge on any atom is 0.224 e. The number of hydrogen-bond donors (Lipinski definition) is 4. The zero-order valence-electron chi connectivity index (χ0n) is 13.2. The van der Waals surface area contributed by atoms with Crippen molar-refractivity contribution in [3.63, 3.8) is 0 Å². The summed E-state index contributed by atoms with van der Waals surface area (Å²) in [6.07, 6.45) is 12.1. The minimum absolute atomic E-state index is 0.0263. The molecule has 6 heteroatoms. The first kappa shape index (κ1) is 20.3. The summed E-state index contributed by atoms with van der Waals surface area (Å²) in [6.45, 7) is 2.56. The molecule has 5 nitrogen and oxygen atoms in total. The second-order valence-corrected chi connectivity index (χ2v) is 5.14. The van der Waals surface area contributed by atoms with Crippen molar-refractivity contribution in [3.05, 3.63) is 36.2 Å². The number of carbonyl (C=O) groups excluding carboxylic acids is 2. The summed E-state index contributed by atoms with van der Waals surface area (Å²) in [4.78, 5) is 22.9. The Kier molecular flexibility index (Phi) is 13.2. The molecule has 0 radical (unpaired) electrons. The first-order chi connectivity index (χ1) is 10.6. The van der Waals surface area contributed by atoms with E-state index in [1.54, 1.807) is 6.08 Å². The Labute approximate surface area is 138 Å². The smallest absolute Gasteiger partial charge is 0.224 e. The van der Waals surface area contributed by atoms with Crippen LogP contribution in [-0.2, 0) is 9.59 Å². The van der Waals surface area contributed by atoms with Gasteiger partial charge in [0.1, 0.15) is 0 Å². The van der Waals surface area contributed by atoms with E-state index in [0.29, 0.717) is 30.8 Å². The van der Waals surface area contributed by atoms with Gasteiger partial charge in [0, 0.05) is 25.6 Å². The molecule has 0 fully saturated rings. The van der Waals surface area contributed by atoms with Crippen LogP contribution in [0.1, 0.15) is 39.0 Å². The summed E-state index contributed by atoms with van der Waals surface area (Å²) in [6, 6.07) is 0. The Morgan fingerprint density at radius 1 is 1.09 bits per heavy atom. The molecule has 0 aliphatic carbocycles. The van der Waals surface area contributed by atoms with Crippen molar-refractivity contribution in [1.29, 1.82) is 0 Å². The molecule has 0 rings (SSSR count). The summed E-state index contributed by atoms with van der Waals surface area (Å²) in [7, 11) is 0. The van der Waals surface area contributed by atoms with Crippen molar-refractivity contribution in [2.75, 3.05) is 12.3 Å². The van der Waals surface area contributed by atoms with Gasteiger partial charge in [0.15, 0.2) is 0 Å². The number of nitrogens with two attached hydrogens (primary N) is 1. The van der Waals surface area contributed by atoms with Crippen LogP contribution < -0.4 is 16.4 Å². The van der Waals surface area contributed by atoms with Crippen molar-refractivity contribution in [2.24, 2.45) is 5.73 Å². The predicted octanol–water partition coefficient (Wildman–Crippen LogP) is 2.03. The van der Waals surface area contributed by atoms with E-state index in [9.17, 15) is 9.59 Å². The third kappa shape index (κ3) is 12.1. The first-order valence-corrected chi connectivity index (χ1v) is 8.16. The van der Waals surface area contributed by atoms with Gasteiger partial charge in [0.25, 0.3) is 0 Å². The highest BCUT2D eigenvalue weighted by Gasteiger charge is 2.03. The molecule has 0 aliphatic rings. The van der Waals surface area contributed by atoms with Crippen molar-refractivity contribution >= 4 is 24.4 Å². The average molecular weight is 325 g/mol. The van der Waals surface area contributed by atoms with Crippen LogP contribution in [0.25, 0.3) is 0 Å². The third-order valence-corrected chi connectivity index (χ3v) is 3.01. The highest BCUT2D eigenvalue weighted by atomic mass is 32.1. The molecule has 0 spiro atoms. The van der Waals surface area contributed by atoms with E-state index in [1.807, 2.05) is 25.2 Å². The maximum absolute atomic E-state index is 11.7. The molecular formula is C16H27N3O2S. The Bertz CT molecular complexity index is 418. The molecule has 0 aromatic carbocycles. The lowest BCUT2D eigenvalue weighted by Crippen LogP contribution is -2.24. The zero-order chi connectivity index (χ0) is 16.6. The minimum atomic E-state index is -0.0547. The monoisotopic (exact) mass is 325 g/mol. The van der Waals surface area contributed by atoms with Gasteiger partial charge in [0.2, 0.25) is 11.8 Å². The van der Waals surface area contributed by atoms with E-state index < -0.39 is 0 Å². The lowest BCUT2D eigenvalue weighted by molar-refractivity contribution is -0.121. The fourth-order valence-electron chi connectivity index (χ4n) is 1.64. The van der Waals surface area contributed by atoms with E-state index in [1.165, 1.54) is 6.20 Å². The number of unbranched alkanes of at least 4 members (excludes halogenated alkanes) is 2. The fraction of sp³-hybridized carbons (Fsp3) is 0.500. The third-order valence-electron chi connectivity index (χ3n) is 2.78. The molecule has 0 saturated heterocycles. The van der Waals surface area contributed by atoms with Gasteiger partial charge in [0.05, 0.1) is 5.70 Å².